The molecule has 1 N–H and O–H groups in total. The van der Waals surface area contributed by atoms with Crippen LogP contribution in [0.3, 0.4) is 0 Å². The van der Waals surface area contributed by atoms with Gasteiger partial charge in [-0.15, -0.1) is 0 Å². The highest BCUT2D eigenvalue weighted by molar-refractivity contribution is 6.30. The van der Waals surface area contributed by atoms with Crippen LogP contribution in [0.2, 0.25) is 5.02 Å². The Balaban J connectivity index is 2.05. The van der Waals surface area contributed by atoms with E-state index in [0.29, 0.717) is 5.02 Å². The zero-order valence-electron chi connectivity index (χ0n) is 11.5. The van der Waals surface area contributed by atoms with E-state index in [0.717, 1.165) is 17.0 Å². The lowest BCUT2D eigenvalue weighted by Gasteiger charge is -2.11. The van der Waals surface area contributed by atoms with Crippen molar-refractivity contribution in [3.05, 3.63) is 59.1 Å². The largest absolute Gasteiger partial charge is 0.490 e. The van der Waals surface area contributed by atoms with Gasteiger partial charge in [0, 0.05) is 10.6 Å². The highest BCUT2D eigenvalue weighted by Crippen LogP contribution is 2.18. The Labute approximate surface area is 124 Å². The van der Waals surface area contributed by atoms with E-state index in [9.17, 15) is 0 Å². The zero-order valence-corrected chi connectivity index (χ0v) is 12.3. The van der Waals surface area contributed by atoms with E-state index in [1.165, 1.54) is 0 Å². The van der Waals surface area contributed by atoms with Crippen LogP contribution in [-0.2, 0) is 0 Å². The van der Waals surface area contributed by atoms with Crippen molar-refractivity contribution in [2.24, 2.45) is 5.10 Å². The summed E-state index contributed by atoms with van der Waals surface area (Å²) in [6.07, 6.45) is 1.88. The van der Waals surface area contributed by atoms with E-state index < -0.39 is 0 Å². The normalized spacial score (nSPS) is 11.0. The van der Waals surface area contributed by atoms with Crippen LogP contribution in [0.1, 0.15) is 19.4 Å². The number of benzene rings is 2. The second kappa shape index (κ2) is 6.96. The van der Waals surface area contributed by atoms with E-state index in [4.69, 9.17) is 16.3 Å². The van der Waals surface area contributed by atoms with Gasteiger partial charge in [0.05, 0.1) is 18.0 Å². The standard InChI is InChI=1S/C16H17ClN2O/c1-12(2)20-16-6-4-3-5-13(16)11-18-19-15-9-7-14(17)8-10-15/h3-12,19H,1-2H3. The van der Waals surface area contributed by atoms with Gasteiger partial charge in [-0.25, -0.2) is 0 Å². The lowest BCUT2D eigenvalue weighted by atomic mass is 10.2. The van der Waals surface area contributed by atoms with Crippen LogP contribution >= 0.6 is 11.6 Å². The number of hydrogen-bond acceptors (Lipinski definition) is 3. The van der Waals surface area contributed by atoms with Crippen molar-refractivity contribution in [1.82, 2.24) is 0 Å². The smallest absolute Gasteiger partial charge is 0.128 e. The Morgan fingerprint density at radius 2 is 1.80 bits per heavy atom. The molecule has 0 radical (unpaired) electrons. The Hall–Kier alpha value is -2.00. The fraction of sp³-hybridized carbons (Fsp3) is 0.188. The van der Waals surface area contributed by atoms with Gasteiger partial charge < -0.3 is 4.74 Å². The minimum Gasteiger partial charge on any atom is -0.490 e. The molecule has 0 saturated heterocycles. The van der Waals surface area contributed by atoms with Gasteiger partial charge >= 0.3 is 0 Å². The molecule has 0 heterocycles. The Kier molecular flexibility index (Phi) is 5.02. The van der Waals surface area contributed by atoms with Crippen molar-refractivity contribution in [3.8, 4) is 5.75 Å². The summed E-state index contributed by atoms with van der Waals surface area (Å²) in [6.45, 7) is 4.00. The molecule has 0 bridgehead atoms. The molecule has 2 rings (SSSR count). The van der Waals surface area contributed by atoms with E-state index in [1.807, 2.05) is 62.4 Å². The minimum atomic E-state index is 0.133. The van der Waals surface area contributed by atoms with Crippen LogP contribution in [0.25, 0.3) is 0 Å². The summed E-state index contributed by atoms with van der Waals surface area (Å²) in [5, 5.41) is 4.92. The molecule has 0 saturated carbocycles. The fourth-order valence-corrected chi connectivity index (χ4v) is 1.78. The fourth-order valence-electron chi connectivity index (χ4n) is 1.65. The molecular formula is C16H17ClN2O. The lowest BCUT2D eigenvalue weighted by Crippen LogP contribution is -2.07. The van der Waals surface area contributed by atoms with Gasteiger partial charge in [-0.2, -0.15) is 5.10 Å². The van der Waals surface area contributed by atoms with Crippen molar-refractivity contribution < 1.29 is 4.74 Å². The third-order valence-electron chi connectivity index (χ3n) is 2.52. The van der Waals surface area contributed by atoms with Gasteiger partial charge in [0.25, 0.3) is 0 Å². The number of nitrogens with zero attached hydrogens (tertiary/aromatic N) is 1. The Morgan fingerprint density at radius 1 is 1.10 bits per heavy atom. The first-order valence-electron chi connectivity index (χ1n) is 6.45. The van der Waals surface area contributed by atoms with Crippen molar-refractivity contribution in [3.63, 3.8) is 0 Å². The first kappa shape index (κ1) is 14.4. The van der Waals surface area contributed by atoms with Crippen molar-refractivity contribution in [1.29, 1.82) is 0 Å². The summed E-state index contributed by atoms with van der Waals surface area (Å²) in [7, 11) is 0. The average Bonchev–Trinajstić information content (AvgIpc) is 2.42. The summed E-state index contributed by atoms with van der Waals surface area (Å²) in [5.41, 5.74) is 4.77. The number of ether oxygens (including phenoxy) is 1. The number of para-hydroxylation sites is 1. The maximum absolute atomic E-state index is 5.83. The topological polar surface area (TPSA) is 33.6 Å². The molecule has 0 aliphatic carbocycles. The van der Waals surface area contributed by atoms with E-state index >= 15 is 0 Å². The van der Waals surface area contributed by atoms with Crippen LogP contribution in [0.5, 0.6) is 5.75 Å². The molecule has 20 heavy (non-hydrogen) atoms. The van der Waals surface area contributed by atoms with Crippen LogP contribution in [0.4, 0.5) is 5.69 Å². The summed E-state index contributed by atoms with van der Waals surface area (Å²) in [4.78, 5) is 0. The molecule has 104 valence electrons. The van der Waals surface area contributed by atoms with E-state index in [1.54, 1.807) is 6.21 Å². The van der Waals surface area contributed by atoms with E-state index in [2.05, 4.69) is 10.5 Å². The molecule has 2 aromatic rings. The molecule has 2 aromatic carbocycles. The molecule has 0 amide bonds. The monoisotopic (exact) mass is 288 g/mol. The molecule has 0 unspecified atom stereocenters. The molecule has 4 heteroatoms. The van der Waals surface area contributed by atoms with Gasteiger partial charge in [0.2, 0.25) is 0 Å². The van der Waals surface area contributed by atoms with Crippen molar-refractivity contribution >= 4 is 23.5 Å². The summed E-state index contributed by atoms with van der Waals surface area (Å²) in [5.74, 6) is 0.823. The molecule has 0 fully saturated rings. The first-order chi connectivity index (χ1) is 9.65. The van der Waals surface area contributed by atoms with Gasteiger partial charge in [0.15, 0.2) is 0 Å². The molecule has 0 aliphatic rings. The molecule has 0 aliphatic heterocycles. The van der Waals surface area contributed by atoms with E-state index in [-0.39, 0.29) is 6.10 Å². The number of hydrazone groups is 1. The van der Waals surface area contributed by atoms with Crippen molar-refractivity contribution in [2.45, 2.75) is 20.0 Å². The maximum atomic E-state index is 5.83. The zero-order chi connectivity index (χ0) is 14.4. The number of rotatable bonds is 5. The predicted molar refractivity (Wildman–Crippen MR) is 84.9 cm³/mol. The van der Waals surface area contributed by atoms with Crippen LogP contribution in [0, 0.1) is 0 Å². The second-order valence-electron chi connectivity index (χ2n) is 4.58. The highest BCUT2D eigenvalue weighted by atomic mass is 35.5. The van der Waals surface area contributed by atoms with Gasteiger partial charge in [-0.05, 0) is 50.2 Å². The van der Waals surface area contributed by atoms with Crippen LogP contribution in [-0.4, -0.2) is 12.3 Å². The Morgan fingerprint density at radius 3 is 2.50 bits per heavy atom. The summed E-state index contributed by atoms with van der Waals surface area (Å²) >= 11 is 5.83. The van der Waals surface area contributed by atoms with Crippen LogP contribution in [0.15, 0.2) is 53.6 Å². The molecule has 0 atom stereocenters. The van der Waals surface area contributed by atoms with Crippen molar-refractivity contribution in [2.75, 3.05) is 5.43 Å². The molecule has 0 spiro atoms. The predicted octanol–water partition coefficient (Wildman–Crippen LogP) is 4.57. The molecular weight excluding hydrogens is 272 g/mol. The van der Waals surface area contributed by atoms with Crippen LogP contribution < -0.4 is 10.2 Å². The molecule has 3 nitrogen and oxygen atoms in total. The number of hydrogen-bond donors (Lipinski definition) is 1. The number of nitrogens with one attached hydrogen (secondary N) is 1. The summed E-state index contributed by atoms with van der Waals surface area (Å²) < 4.78 is 5.73. The van der Waals surface area contributed by atoms with Gasteiger partial charge in [-0.1, -0.05) is 23.7 Å². The third-order valence-corrected chi connectivity index (χ3v) is 2.78. The van der Waals surface area contributed by atoms with Gasteiger partial charge in [-0.3, -0.25) is 5.43 Å². The maximum Gasteiger partial charge on any atom is 0.128 e. The molecule has 0 aromatic heterocycles. The quantitative estimate of drug-likeness (QED) is 0.646. The minimum absolute atomic E-state index is 0.133. The second-order valence-corrected chi connectivity index (χ2v) is 5.02. The lowest BCUT2D eigenvalue weighted by molar-refractivity contribution is 0.242. The Bertz CT molecular complexity index is 579. The third kappa shape index (κ3) is 4.28. The first-order valence-corrected chi connectivity index (χ1v) is 6.83. The summed E-state index contributed by atoms with van der Waals surface area (Å²) in [6, 6.07) is 15.2. The number of anilines is 1. The highest BCUT2D eigenvalue weighted by Gasteiger charge is 2.02. The van der Waals surface area contributed by atoms with Gasteiger partial charge in [0.1, 0.15) is 5.75 Å². The SMILES string of the molecule is CC(C)Oc1ccccc1C=NNc1ccc(Cl)cc1. The number of halogens is 1. The average molecular weight is 289 g/mol.